The summed E-state index contributed by atoms with van der Waals surface area (Å²) in [5.41, 5.74) is 0.959. The minimum atomic E-state index is -0.371. The predicted molar refractivity (Wildman–Crippen MR) is 97.8 cm³/mol. The fourth-order valence-electron chi connectivity index (χ4n) is 2.49. The zero-order chi connectivity index (χ0) is 18.4. The number of benzene rings is 1. The molecule has 3 rings (SSSR count). The molecule has 2 aromatic heterocycles. The number of amides is 1. The molecule has 0 spiro atoms. The maximum atomic E-state index is 12.3. The standard InChI is InChI=1S/C20H21N3O3/c1-3-14(2)18(20-22-19(23-26-20)16-10-7-13-25-16)21-17(24)12-11-15-8-5-4-6-9-15/h4-14,18H,3H2,1-2H3,(H,21,24)/b12-11+/t14-,18+/m1/s1. The summed E-state index contributed by atoms with van der Waals surface area (Å²) in [5.74, 6) is 1.18. The van der Waals surface area contributed by atoms with E-state index < -0.39 is 0 Å². The van der Waals surface area contributed by atoms with Crippen molar-refractivity contribution >= 4 is 12.0 Å². The van der Waals surface area contributed by atoms with Gasteiger partial charge in [-0.3, -0.25) is 4.79 Å². The van der Waals surface area contributed by atoms with E-state index in [1.807, 2.05) is 44.2 Å². The maximum Gasteiger partial charge on any atom is 0.249 e. The molecule has 0 fully saturated rings. The molecule has 0 saturated heterocycles. The highest BCUT2D eigenvalue weighted by molar-refractivity contribution is 5.91. The van der Waals surface area contributed by atoms with Gasteiger partial charge in [0.15, 0.2) is 5.76 Å². The van der Waals surface area contributed by atoms with Gasteiger partial charge in [0.2, 0.25) is 17.6 Å². The highest BCUT2D eigenvalue weighted by Gasteiger charge is 2.26. The summed E-state index contributed by atoms with van der Waals surface area (Å²) < 4.78 is 10.7. The monoisotopic (exact) mass is 351 g/mol. The van der Waals surface area contributed by atoms with Crippen LogP contribution in [0.15, 0.2) is 63.7 Å². The third kappa shape index (κ3) is 4.27. The lowest BCUT2D eigenvalue weighted by molar-refractivity contribution is -0.117. The van der Waals surface area contributed by atoms with Crippen LogP contribution in [0, 0.1) is 5.92 Å². The second-order valence-corrected chi connectivity index (χ2v) is 6.05. The Kier molecular flexibility index (Phi) is 5.63. The van der Waals surface area contributed by atoms with Crippen LogP contribution >= 0.6 is 0 Å². The fourth-order valence-corrected chi connectivity index (χ4v) is 2.49. The van der Waals surface area contributed by atoms with Gasteiger partial charge in [0.05, 0.1) is 6.26 Å². The molecule has 1 amide bonds. The maximum absolute atomic E-state index is 12.3. The van der Waals surface area contributed by atoms with Crippen molar-refractivity contribution in [3.05, 3.63) is 66.3 Å². The molecule has 2 heterocycles. The van der Waals surface area contributed by atoms with Gasteiger partial charge >= 0.3 is 0 Å². The Morgan fingerprint density at radius 3 is 2.73 bits per heavy atom. The number of hydrogen-bond donors (Lipinski definition) is 1. The first-order valence-electron chi connectivity index (χ1n) is 8.58. The van der Waals surface area contributed by atoms with Crippen molar-refractivity contribution in [2.75, 3.05) is 0 Å². The molecular weight excluding hydrogens is 330 g/mol. The Bertz CT molecular complexity index is 854. The Labute approximate surface area is 151 Å². The van der Waals surface area contributed by atoms with Crippen molar-refractivity contribution in [1.29, 1.82) is 0 Å². The van der Waals surface area contributed by atoms with Gasteiger partial charge in [0, 0.05) is 6.08 Å². The van der Waals surface area contributed by atoms with Crippen LogP contribution in [0.3, 0.4) is 0 Å². The summed E-state index contributed by atoms with van der Waals surface area (Å²) in [7, 11) is 0. The second kappa shape index (κ2) is 8.29. The lowest BCUT2D eigenvalue weighted by Crippen LogP contribution is -2.31. The second-order valence-electron chi connectivity index (χ2n) is 6.05. The molecule has 1 N–H and O–H groups in total. The molecule has 0 aliphatic rings. The molecule has 3 aromatic rings. The number of hydrogen-bond acceptors (Lipinski definition) is 5. The number of carbonyl (C=O) groups is 1. The van der Waals surface area contributed by atoms with E-state index in [9.17, 15) is 4.79 Å². The SMILES string of the molecule is CC[C@@H](C)[C@H](NC(=O)/C=C/c1ccccc1)c1nc(-c2ccco2)no1. The summed E-state index contributed by atoms with van der Waals surface area (Å²) in [6.07, 6.45) is 5.68. The zero-order valence-electron chi connectivity index (χ0n) is 14.8. The molecule has 0 bridgehead atoms. The van der Waals surface area contributed by atoms with Crippen LogP contribution in [0.5, 0.6) is 0 Å². The Hall–Kier alpha value is -3.15. The minimum absolute atomic E-state index is 0.133. The summed E-state index contributed by atoms with van der Waals surface area (Å²) >= 11 is 0. The van der Waals surface area contributed by atoms with E-state index in [0.29, 0.717) is 17.5 Å². The van der Waals surface area contributed by atoms with E-state index in [2.05, 4.69) is 15.5 Å². The van der Waals surface area contributed by atoms with Crippen LogP contribution in [0.25, 0.3) is 17.7 Å². The molecule has 26 heavy (non-hydrogen) atoms. The number of carbonyl (C=O) groups excluding carboxylic acids is 1. The molecule has 0 saturated carbocycles. The molecule has 0 aliphatic heterocycles. The fraction of sp³-hybridized carbons (Fsp3) is 0.250. The molecule has 6 nitrogen and oxygen atoms in total. The van der Waals surface area contributed by atoms with E-state index in [0.717, 1.165) is 12.0 Å². The zero-order valence-corrected chi connectivity index (χ0v) is 14.8. The summed E-state index contributed by atoms with van der Waals surface area (Å²) in [4.78, 5) is 16.7. The van der Waals surface area contributed by atoms with Gasteiger partial charge in [-0.15, -0.1) is 0 Å². The third-order valence-electron chi connectivity index (χ3n) is 4.19. The average molecular weight is 351 g/mol. The van der Waals surface area contributed by atoms with Crippen molar-refractivity contribution < 1.29 is 13.7 Å². The van der Waals surface area contributed by atoms with E-state index in [1.165, 1.54) is 6.08 Å². The number of rotatable bonds is 7. The molecule has 0 unspecified atom stereocenters. The van der Waals surface area contributed by atoms with E-state index >= 15 is 0 Å². The number of aromatic nitrogens is 2. The quantitative estimate of drug-likeness (QED) is 0.644. The first-order valence-corrected chi connectivity index (χ1v) is 8.58. The first kappa shape index (κ1) is 17.7. The van der Waals surface area contributed by atoms with E-state index in [-0.39, 0.29) is 17.9 Å². The predicted octanol–water partition coefficient (Wildman–Crippen LogP) is 4.25. The van der Waals surface area contributed by atoms with Crippen molar-refractivity contribution in [1.82, 2.24) is 15.5 Å². The molecule has 0 radical (unpaired) electrons. The lowest BCUT2D eigenvalue weighted by Gasteiger charge is -2.19. The van der Waals surface area contributed by atoms with Gasteiger partial charge in [-0.25, -0.2) is 0 Å². The Morgan fingerprint density at radius 1 is 1.23 bits per heavy atom. The smallest absolute Gasteiger partial charge is 0.249 e. The lowest BCUT2D eigenvalue weighted by atomic mass is 9.99. The summed E-state index contributed by atoms with van der Waals surface area (Å²) in [6.45, 7) is 4.08. The normalized spacial score (nSPS) is 13.6. The molecule has 2 atom stereocenters. The van der Waals surface area contributed by atoms with Crippen molar-refractivity contribution in [2.24, 2.45) is 5.92 Å². The van der Waals surface area contributed by atoms with Gasteiger partial charge in [0.1, 0.15) is 6.04 Å². The summed E-state index contributed by atoms with van der Waals surface area (Å²) in [6, 6.07) is 12.8. The van der Waals surface area contributed by atoms with Crippen molar-refractivity contribution in [2.45, 2.75) is 26.3 Å². The van der Waals surface area contributed by atoms with Crippen LogP contribution in [0.4, 0.5) is 0 Å². The Balaban J connectivity index is 1.74. The molecular formula is C20H21N3O3. The average Bonchev–Trinajstić information content (AvgIpc) is 3.36. The van der Waals surface area contributed by atoms with Crippen LogP contribution in [-0.2, 0) is 4.79 Å². The van der Waals surface area contributed by atoms with Crippen LogP contribution in [-0.4, -0.2) is 16.0 Å². The largest absolute Gasteiger partial charge is 0.461 e. The van der Waals surface area contributed by atoms with Crippen LogP contribution in [0.2, 0.25) is 0 Å². The van der Waals surface area contributed by atoms with E-state index in [4.69, 9.17) is 8.94 Å². The van der Waals surface area contributed by atoms with Crippen molar-refractivity contribution in [3.63, 3.8) is 0 Å². The third-order valence-corrected chi connectivity index (χ3v) is 4.19. The molecule has 134 valence electrons. The number of nitrogens with one attached hydrogen (secondary N) is 1. The van der Waals surface area contributed by atoms with Gasteiger partial charge in [0.25, 0.3) is 0 Å². The highest BCUT2D eigenvalue weighted by Crippen LogP contribution is 2.25. The topological polar surface area (TPSA) is 81.2 Å². The summed E-state index contributed by atoms with van der Waals surface area (Å²) in [5, 5.41) is 6.91. The van der Waals surface area contributed by atoms with Gasteiger partial charge in [-0.2, -0.15) is 4.98 Å². The van der Waals surface area contributed by atoms with Crippen LogP contribution in [0.1, 0.15) is 37.8 Å². The Morgan fingerprint density at radius 2 is 2.04 bits per heavy atom. The highest BCUT2D eigenvalue weighted by atomic mass is 16.5. The number of nitrogens with zero attached hydrogens (tertiary/aromatic N) is 2. The van der Waals surface area contributed by atoms with Gasteiger partial charge < -0.3 is 14.3 Å². The van der Waals surface area contributed by atoms with Crippen molar-refractivity contribution in [3.8, 4) is 11.6 Å². The van der Waals surface area contributed by atoms with Gasteiger partial charge in [-0.05, 0) is 29.7 Å². The van der Waals surface area contributed by atoms with E-state index in [1.54, 1.807) is 24.5 Å². The minimum Gasteiger partial charge on any atom is -0.461 e. The molecule has 1 aromatic carbocycles. The van der Waals surface area contributed by atoms with Crippen LogP contribution < -0.4 is 5.32 Å². The molecule has 0 aliphatic carbocycles. The number of furan rings is 1. The first-order chi connectivity index (χ1) is 12.7. The molecule has 6 heteroatoms. The van der Waals surface area contributed by atoms with Gasteiger partial charge in [-0.1, -0.05) is 55.8 Å².